The van der Waals surface area contributed by atoms with E-state index in [1.165, 1.54) is 18.5 Å². The Morgan fingerprint density at radius 3 is 2.60 bits per heavy atom. The maximum atomic E-state index is 11.9. The first kappa shape index (κ1) is 14.8. The maximum absolute atomic E-state index is 11.9. The van der Waals surface area contributed by atoms with Crippen molar-refractivity contribution in [2.45, 2.75) is 9.79 Å². The molecule has 106 valence electrons. The first-order valence-corrected chi connectivity index (χ1v) is 8.41. The van der Waals surface area contributed by atoms with Crippen LogP contribution in [0.15, 0.2) is 63.4 Å². The van der Waals surface area contributed by atoms with Crippen molar-refractivity contribution in [1.29, 1.82) is 0 Å². The molecule has 0 saturated carbocycles. The van der Waals surface area contributed by atoms with Gasteiger partial charge in [-0.3, -0.25) is 4.79 Å². The van der Waals surface area contributed by atoms with E-state index in [-0.39, 0.29) is 11.4 Å². The molecule has 1 aromatic carbocycles. The Bertz CT molecular complexity index is 712. The van der Waals surface area contributed by atoms with Crippen LogP contribution in [-0.2, 0) is 10.0 Å². The van der Waals surface area contributed by atoms with Gasteiger partial charge in [-0.1, -0.05) is 18.2 Å². The SMILES string of the molecule is O=c1cc[nH]cc1S(=O)(=O)NCCSc1ccccc1. The minimum Gasteiger partial charge on any atom is -0.366 e. The number of sulfonamides is 1. The number of rotatable bonds is 6. The van der Waals surface area contributed by atoms with Gasteiger partial charge in [0, 0.05) is 35.7 Å². The first-order chi connectivity index (χ1) is 9.59. The van der Waals surface area contributed by atoms with Gasteiger partial charge in [0.2, 0.25) is 15.5 Å². The number of hydrogen-bond acceptors (Lipinski definition) is 4. The van der Waals surface area contributed by atoms with Crippen molar-refractivity contribution < 1.29 is 8.42 Å². The zero-order valence-electron chi connectivity index (χ0n) is 10.6. The van der Waals surface area contributed by atoms with Crippen LogP contribution in [0.25, 0.3) is 0 Å². The number of pyridine rings is 1. The van der Waals surface area contributed by atoms with Gasteiger partial charge in [-0.15, -0.1) is 11.8 Å². The van der Waals surface area contributed by atoms with Gasteiger partial charge < -0.3 is 4.98 Å². The third kappa shape index (κ3) is 3.96. The second kappa shape index (κ2) is 6.74. The lowest BCUT2D eigenvalue weighted by atomic mass is 10.4. The van der Waals surface area contributed by atoms with Gasteiger partial charge in [-0.25, -0.2) is 13.1 Å². The minimum absolute atomic E-state index is 0.260. The molecule has 1 aromatic heterocycles. The Hall–Kier alpha value is -1.57. The Morgan fingerprint density at radius 2 is 1.90 bits per heavy atom. The molecule has 5 nitrogen and oxygen atoms in total. The van der Waals surface area contributed by atoms with Crippen LogP contribution in [0.1, 0.15) is 0 Å². The van der Waals surface area contributed by atoms with E-state index in [4.69, 9.17) is 0 Å². The third-order valence-corrected chi connectivity index (χ3v) is 4.98. The predicted molar refractivity (Wildman–Crippen MR) is 79.4 cm³/mol. The summed E-state index contributed by atoms with van der Waals surface area (Å²) in [6, 6.07) is 10.9. The van der Waals surface area contributed by atoms with E-state index in [0.717, 1.165) is 4.90 Å². The van der Waals surface area contributed by atoms with Gasteiger partial charge in [0.05, 0.1) is 0 Å². The van der Waals surface area contributed by atoms with Crippen molar-refractivity contribution in [1.82, 2.24) is 9.71 Å². The number of hydrogen-bond donors (Lipinski definition) is 2. The fourth-order valence-corrected chi connectivity index (χ4v) is 3.55. The van der Waals surface area contributed by atoms with Gasteiger partial charge in [-0.2, -0.15) is 0 Å². The molecule has 0 saturated heterocycles. The predicted octanol–water partition coefficient (Wildman–Crippen LogP) is 1.45. The molecule has 0 spiro atoms. The molecule has 0 atom stereocenters. The highest BCUT2D eigenvalue weighted by atomic mass is 32.2. The van der Waals surface area contributed by atoms with E-state index < -0.39 is 15.5 Å². The van der Waals surface area contributed by atoms with Crippen molar-refractivity contribution in [2.75, 3.05) is 12.3 Å². The van der Waals surface area contributed by atoms with Crippen LogP contribution in [0, 0.1) is 0 Å². The van der Waals surface area contributed by atoms with Crippen molar-refractivity contribution in [2.24, 2.45) is 0 Å². The number of aromatic amines is 1. The van der Waals surface area contributed by atoms with E-state index in [0.29, 0.717) is 5.75 Å². The highest BCUT2D eigenvalue weighted by Gasteiger charge is 2.16. The van der Waals surface area contributed by atoms with Crippen molar-refractivity contribution in [3.63, 3.8) is 0 Å². The molecule has 20 heavy (non-hydrogen) atoms. The van der Waals surface area contributed by atoms with Crippen molar-refractivity contribution >= 4 is 21.8 Å². The van der Waals surface area contributed by atoms with Crippen LogP contribution in [0.3, 0.4) is 0 Å². The molecule has 0 aliphatic heterocycles. The topological polar surface area (TPSA) is 79.0 Å². The molecule has 7 heteroatoms. The third-order valence-electron chi connectivity index (χ3n) is 2.48. The molecule has 1 heterocycles. The summed E-state index contributed by atoms with van der Waals surface area (Å²) in [5.41, 5.74) is -0.521. The molecule has 0 radical (unpaired) electrons. The van der Waals surface area contributed by atoms with Gasteiger partial charge in [0.1, 0.15) is 4.90 Å². The minimum atomic E-state index is -3.75. The molecule has 2 N–H and O–H groups in total. The summed E-state index contributed by atoms with van der Waals surface area (Å²) in [5.74, 6) is 0.591. The smallest absolute Gasteiger partial charge is 0.245 e. The molecule has 2 rings (SSSR count). The van der Waals surface area contributed by atoms with Crippen LogP contribution in [0.4, 0.5) is 0 Å². The molecular formula is C13H14N2O3S2. The molecular weight excluding hydrogens is 296 g/mol. The number of thioether (sulfide) groups is 1. The summed E-state index contributed by atoms with van der Waals surface area (Å²) < 4.78 is 26.3. The van der Waals surface area contributed by atoms with E-state index in [1.54, 1.807) is 11.8 Å². The van der Waals surface area contributed by atoms with Crippen molar-refractivity contribution in [3.05, 3.63) is 59.0 Å². The molecule has 0 amide bonds. The fraction of sp³-hybridized carbons (Fsp3) is 0.154. The van der Waals surface area contributed by atoms with Gasteiger partial charge in [0.15, 0.2) is 0 Å². The second-order valence-corrected chi connectivity index (χ2v) is 6.84. The number of aromatic nitrogens is 1. The average Bonchev–Trinajstić information content (AvgIpc) is 2.45. The summed E-state index contributed by atoms with van der Waals surface area (Å²) in [4.78, 5) is 14.9. The van der Waals surface area contributed by atoms with Gasteiger partial charge in [0.25, 0.3) is 0 Å². The quantitative estimate of drug-likeness (QED) is 0.625. The lowest BCUT2D eigenvalue weighted by Gasteiger charge is -2.05. The van der Waals surface area contributed by atoms with Crippen LogP contribution in [-0.4, -0.2) is 25.7 Å². The Balaban J connectivity index is 1.91. The maximum Gasteiger partial charge on any atom is 0.245 e. The van der Waals surface area contributed by atoms with Crippen LogP contribution < -0.4 is 10.2 Å². The average molecular weight is 310 g/mol. The highest BCUT2D eigenvalue weighted by molar-refractivity contribution is 7.99. The Morgan fingerprint density at radius 1 is 1.15 bits per heavy atom. The summed E-state index contributed by atoms with van der Waals surface area (Å²) in [7, 11) is -3.75. The number of H-pyrrole nitrogens is 1. The Kier molecular flexibility index (Phi) is 4.99. The zero-order chi connectivity index (χ0) is 14.4. The summed E-state index contributed by atoms with van der Waals surface area (Å²) in [6.45, 7) is 0.260. The molecule has 0 fully saturated rings. The molecule has 0 bridgehead atoms. The molecule has 0 aliphatic carbocycles. The van der Waals surface area contributed by atoms with Crippen LogP contribution in [0.2, 0.25) is 0 Å². The number of nitrogens with one attached hydrogen (secondary N) is 2. The molecule has 0 aliphatic rings. The summed E-state index contributed by atoms with van der Waals surface area (Å²) >= 11 is 1.55. The highest BCUT2D eigenvalue weighted by Crippen LogP contribution is 2.16. The Labute approximate surface area is 121 Å². The summed E-state index contributed by atoms with van der Waals surface area (Å²) in [5, 5.41) is 0. The van der Waals surface area contributed by atoms with E-state index in [2.05, 4.69) is 9.71 Å². The number of benzene rings is 1. The largest absolute Gasteiger partial charge is 0.366 e. The molecule has 0 unspecified atom stereocenters. The van der Waals surface area contributed by atoms with E-state index in [1.807, 2.05) is 30.3 Å². The zero-order valence-corrected chi connectivity index (χ0v) is 12.2. The fourth-order valence-electron chi connectivity index (χ4n) is 1.55. The van der Waals surface area contributed by atoms with Gasteiger partial charge >= 0.3 is 0 Å². The van der Waals surface area contributed by atoms with E-state index >= 15 is 0 Å². The van der Waals surface area contributed by atoms with Crippen molar-refractivity contribution in [3.8, 4) is 0 Å². The van der Waals surface area contributed by atoms with E-state index in [9.17, 15) is 13.2 Å². The molecule has 2 aromatic rings. The summed E-state index contributed by atoms with van der Waals surface area (Å²) in [6.07, 6.45) is 2.58. The lowest BCUT2D eigenvalue weighted by Crippen LogP contribution is -2.30. The van der Waals surface area contributed by atoms with Crippen LogP contribution in [0.5, 0.6) is 0 Å². The second-order valence-electron chi connectivity index (χ2n) is 3.93. The monoisotopic (exact) mass is 310 g/mol. The lowest BCUT2D eigenvalue weighted by molar-refractivity contribution is 0.583. The normalized spacial score (nSPS) is 11.4. The van der Waals surface area contributed by atoms with Gasteiger partial charge in [-0.05, 0) is 12.1 Å². The first-order valence-electron chi connectivity index (χ1n) is 5.94. The standard InChI is InChI=1S/C13H14N2O3S2/c16-12-6-7-14-10-13(12)20(17,18)15-8-9-19-11-4-2-1-3-5-11/h1-7,10,15H,8-9H2,(H,14,16). The van der Waals surface area contributed by atoms with Crippen LogP contribution >= 0.6 is 11.8 Å².